The maximum absolute atomic E-state index is 12.7. The van der Waals surface area contributed by atoms with Crippen LogP contribution in [0.3, 0.4) is 0 Å². The van der Waals surface area contributed by atoms with Crippen LogP contribution in [-0.2, 0) is 29.1 Å². The third-order valence-corrected chi connectivity index (χ3v) is 6.12. The summed E-state index contributed by atoms with van der Waals surface area (Å²) < 4.78 is 31.8. The molecule has 138 valence electrons. The van der Waals surface area contributed by atoms with Crippen molar-refractivity contribution in [3.8, 4) is 0 Å². The van der Waals surface area contributed by atoms with E-state index in [4.69, 9.17) is 4.74 Å². The van der Waals surface area contributed by atoms with Crippen LogP contribution in [0.1, 0.15) is 32.3 Å². The molecular formula is C17H18N2O6S. The van der Waals surface area contributed by atoms with Gasteiger partial charge in [-0.3, -0.25) is 18.8 Å². The maximum atomic E-state index is 12.7. The standard InChI is InChI=1S/C17H18N2O6S/c1-11(2)19-9-13(12-5-3-4-6-14(12)26(19,23)24)25-17(22)10-18-15(20)7-8-16(18)21/h3-6,9,11H,7-8,10H2,1-2H3. The molecule has 0 saturated carbocycles. The van der Waals surface area contributed by atoms with E-state index in [9.17, 15) is 22.8 Å². The Morgan fingerprint density at radius 2 is 1.77 bits per heavy atom. The molecule has 0 radical (unpaired) electrons. The van der Waals surface area contributed by atoms with Gasteiger partial charge in [-0.15, -0.1) is 0 Å². The fourth-order valence-corrected chi connectivity index (χ4v) is 4.57. The van der Waals surface area contributed by atoms with Crippen LogP contribution in [0.15, 0.2) is 35.4 Å². The van der Waals surface area contributed by atoms with Crippen molar-refractivity contribution in [3.63, 3.8) is 0 Å². The predicted octanol–water partition coefficient (Wildman–Crippen LogP) is 1.09. The lowest BCUT2D eigenvalue weighted by atomic mass is 10.2. The number of imide groups is 1. The number of nitrogens with zero attached hydrogens (tertiary/aromatic N) is 2. The SMILES string of the molecule is CC(C)N1C=C(OC(=O)CN2C(=O)CCC2=O)c2ccccc2S1(=O)=O. The van der Waals surface area contributed by atoms with Gasteiger partial charge in [-0.2, -0.15) is 0 Å². The average Bonchev–Trinajstić information content (AvgIpc) is 2.89. The number of ether oxygens (including phenoxy) is 1. The second-order valence-electron chi connectivity index (χ2n) is 6.27. The number of hydrogen-bond donors (Lipinski definition) is 0. The molecular weight excluding hydrogens is 360 g/mol. The van der Waals surface area contributed by atoms with Crippen LogP contribution in [0.2, 0.25) is 0 Å². The molecule has 0 aliphatic carbocycles. The lowest BCUT2D eigenvalue weighted by Crippen LogP contribution is -2.37. The zero-order valence-corrected chi connectivity index (χ0v) is 15.2. The Labute approximate surface area is 151 Å². The van der Waals surface area contributed by atoms with Gasteiger partial charge in [-0.1, -0.05) is 12.1 Å². The molecule has 1 saturated heterocycles. The molecule has 2 amide bonds. The van der Waals surface area contributed by atoms with Gasteiger partial charge in [0.15, 0.2) is 5.76 Å². The zero-order chi connectivity index (χ0) is 19.1. The largest absolute Gasteiger partial charge is 0.423 e. The summed E-state index contributed by atoms with van der Waals surface area (Å²) >= 11 is 0. The van der Waals surface area contributed by atoms with Crippen LogP contribution in [0.5, 0.6) is 0 Å². The van der Waals surface area contributed by atoms with Gasteiger partial charge in [-0.05, 0) is 26.0 Å². The lowest BCUT2D eigenvalue weighted by Gasteiger charge is -2.30. The number of hydrogen-bond acceptors (Lipinski definition) is 6. The number of fused-ring (bicyclic) bond motifs is 1. The number of rotatable bonds is 4. The van der Waals surface area contributed by atoms with Crippen molar-refractivity contribution in [1.82, 2.24) is 9.21 Å². The fraction of sp³-hybridized carbons (Fsp3) is 0.353. The van der Waals surface area contributed by atoms with Crippen LogP contribution >= 0.6 is 0 Å². The number of amides is 2. The van der Waals surface area contributed by atoms with E-state index in [-0.39, 0.29) is 35.1 Å². The Hall–Kier alpha value is -2.68. The molecule has 1 aromatic carbocycles. The second kappa shape index (κ2) is 6.56. The molecule has 3 rings (SSSR count). The molecule has 1 aromatic rings. The molecule has 0 spiro atoms. The summed E-state index contributed by atoms with van der Waals surface area (Å²) in [5, 5.41) is 0. The van der Waals surface area contributed by atoms with Crippen LogP contribution < -0.4 is 0 Å². The van der Waals surface area contributed by atoms with E-state index in [0.717, 1.165) is 9.21 Å². The van der Waals surface area contributed by atoms with Crippen molar-refractivity contribution < 1.29 is 27.5 Å². The van der Waals surface area contributed by atoms with Gasteiger partial charge in [0.2, 0.25) is 11.8 Å². The van der Waals surface area contributed by atoms with E-state index in [1.807, 2.05) is 0 Å². The van der Waals surface area contributed by atoms with E-state index in [1.54, 1.807) is 26.0 Å². The zero-order valence-electron chi connectivity index (χ0n) is 14.3. The van der Waals surface area contributed by atoms with E-state index in [0.29, 0.717) is 0 Å². The fourth-order valence-electron chi connectivity index (χ4n) is 2.85. The summed E-state index contributed by atoms with van der Waals surface area (Å²) in [6, 6.07) is 5.81. The molecule has 26 heavy (non-hydrogen) atoms. The highest BCUT2D eigenvalue weighted by Gasteiger charge is 2.35. The van der Waals surface area contributed by atoms with E-state index < -0.39 is 34.4 Å². The highest BCUT2D eigenvalue weighted by molar-refractivity contribution is 7.89. The summed E-state index contributed by atoms with van der Waals surface area (Å²) in [4.78, 5) is 36.4. The van der Waals surface area contributed by atoms with Crippen molar-refractivity contribution in [2.24, 2.45) is 0 Å². The van der Waals surface area contributed by atoms with Crippen molar-refractivity contribution in [2.75, 3.05) is 6.54 Å². The first kappa shape index (κ1) is 18.1. The highest BCUT2D eigenvalue weighted by atomic mass is 32.2. The van der Waals surface area contributed by atoms with Gasteiger partial charge in [-0.25, -0.2) is 13.2 Å². The summed E-state index contributed by atoms with van der Waals surface area (Å²) in [6.45, 7) is 2.90. The smallest absolute Gasteiger partial charge is 0.331 e. The van der Waals surface area contributed by atoms with Crippen molar-refractivity contribution in [2.45, 2.75) is 37.6 Å². The number of carbonyl (C=O) groups is 3. The molecule has 2 heterocycles. The molecule has 2 aliphatic heterocycles. The maximum Gasteiger partial charge on any atom is 0.331 e. The summed E-state index contributed by atoms with van der Waals surface area (Å²) in [5.41, 5.74) is 0.261. The Morgan fingerprint density at radius 3 is 2.38 bits per heavy atom. The monoisotopic (exact) mass is 378 g/mol. The van der Waals surface area contributed by atoms with Crippen molar-refractivity contribution >= 4 is 33.6 Å². The first-order valence-electron chi connectivity index (χ1n) is 8.10. The minimum absolute atomic E-state index is 0.0346. The normalized spacial score (nSPS) is 18.8. The summed E-state index contributed by atoms with van der Waals surface area (Å²) in [6.07, 6.45) is 1.42. The first-order valence-corrected chi connectivity index (χ1v) is 9.54. The van der Waals surface area contributed by atoms with E-state index in [1.165, 1.54) is 18.3 Å². The number of esters is 1. The van der Waals surface area contributed by atoms with Crippen molar-refractivity contribution in [1.29, 1.82) is 0 Å². The van der Waals surface area contributed by atoms with Gasteiger partial charge in [0.1, 0.15) is 6.54 Å². The molecule has 0 bridgehead atoms. The number of sulfonamides is 1. The molecule has 1 fully saturated rings. The Morgan fingerprint density at radius 1 is 1.15 bits per heavy atom. The van der Waals surface area contributed by atoms with Crippen molar-refractivity contribution in [3.05, 3.63) is 36.0 Å². The first-order chi connectivity index (χ1) is 12.2. The third kappa shape index (κ3) is 3.10. The van der Waals surface area contributed by atoms with Gasteiger partial charge in [0.25, 0.3) is 10.0 Å². The molecule has 0 unspecified atom stereocenters. The quantitative estimate of drug-likeness (QED) is 0.574. The number of carbonyl (C=O) groups excluding carboxylic acids is 3. The Balaban J connectivity index is 1.90. The predicted molar refractivity (Wildman–Crippen MR) is 90.6 cm³/mol. The van der Waals surface area contributed by atoms with Gasteiger partial charge in [0.05, 0.1) is 11.1 Å². The lowest BCUT2D eigenvalue weighted by molar-refractivity contribution is -0.148. The number of likely N-dealkylation sites (tertiary alicyclic amines) is 1. The molecule has 0 N–H and O–H groups in total. The van der Waals surface area contributed by atoms with E-state index in [2.05, 4.69) is 0 Å². The van der Waals surface area contributed by atoms with Gasteiger partial charge < -0.3 is 4.74 Å². The molecule has 2 aliphatic rings. The molecule has 9 heteroatoms. The van der Waals surface area contributed by atoms with Crippen LogP contribution in [-0.4, -0.2) is 48.0 Å². The summed E-state index contributed by atoms with van der Waals surface area (Å²) in [5.74, 6) is -1.58. The molecule has 8 nitrogen and oxygen atoms in total. The second-order valence-corrected chi connectivity index (χ2v) is 8.08. The topological polar surface area (TPSA) is 101 Å². The Kier molecular flexibility index (Phi) is 4.57. The summed E-state index contributed by atoms with van der Waals surface area (Å²) in [7, 11) is -3.74. The van der Waals surface area contributed by atoms with Crippen LogP contribution in [0, 0.1) is 0 Å². The van der Waals surface area contributed by atoms with Crippen LogP contribution in [0.25, 0.3) is 5.76 Å². The highest BCUT2D eigenvalue weighted by Crippen LogP contribution is 2.34. The minimum Gasteiger partial charge on any atom is -0.423 e. The average molecular weight is 378 g/mol. The minimum atomic E-state index is -3.74. The third-order valence-electron chi connectivity index (χ3n) is 4.13. The molecule has 0 atom stereocenters. The van der Waals surface area contributed by atoms with Crippen LogP contribution in [0.4, 0.5) is 0 Å². The van der Waals surface area contributed by atoms with Gasteiger partial charge in [0, 0.05) is 24.4 Å². The van der Waals surface area contributed by atoms with E-state index >= 15 is 0 Å². The van der Waals surface area contributed by atoms with Gasteiger partial charge >= 0.3 is 5.97 Å². The Bertz CT molecular complexity index is 903. The number of benzene rings is 1. The molecule has 0 aromatic heterocycles.